The molecule has 0 bridgehead atoms. The van der Waals surface area contributed by atoms with Gasteiger partial charge >= 0.3 is 0 Å². The van der Waals surface area contributed by atoms with Crippen molar-refractivity contribution in [3.63, 3.8) is 0 Å². The first-order chi connectivity index (χ1) is 8.02. The first-order valence-electron chi connectivity index (χ1n) is 4.74. The van der Waals surface area contributed by atoms with E-state index in [4.69, 9.17) is 10.3 Å². The SMILES string of the molecule is Cn1cccc(O)c1=O.O=c1ccccn1O. The summed E-state index contributed by atoms with van der Waals surface area (Å²) in [7, 11) is 1.59. The number of pyridine rings is 2. The fourth-order valence-corrected chi connectivity index (χ4v) is 1.00. The Kier molecular flexibility index (Phi) is 4.10. The van der Waals surface area contributed by atoms with Crippen molar-refractivity contribution in [2.75, 3.05) is 0 Å². The predicted octanol–water partition coefficient (Wildman–Crippen LogP) is 0.176. The highest BCUT2D eigenvalue weighted by atomic mass is 16.5. The van der Waals surface area contributed by atoms with Gasteiger partial charge in [-0.15, -0.1) is 0 Å². The van der Waals surface area contributed by atoms with Gasteiger partial charge in [-0.2, -0.15) is 4.73 Å². The highest BCUT2D eigenvalue weighted by Gasteiger charge is 1.93. The van der Waals surface area contributed by atoms with Crippen LogP contribution in [0.25, 0.3) is 0 Å². The molecule has 0 aliphatic rings. The third-order valence-electron chi connectivity index (χ3n) is 1.91. The van der Waals surface area contributed by atoms with Crippen molar-refractivity contribution < 1.29 is 10.3 Å². The van der Waals surface area contributed by atoms with Crippen molar-refractivity contribution in [3.8, 4) is 5.75 Å². The van der Waals surface area contributed by atoms with Crippen molar-refractivity contribution in [1.82, 2.24) is 9.30 Å². The molecule has 0 aliphatic heterocycles. The maximum atomic E-state index is 10.7. The Morgan fingerprint density at radius 1 is 1.06 bits per heavy atom. The second kappa shape index (κ2) is 5.55. The fourth-order valence-electron chi connectivity index (χ4n) is 1.00. The Morgan fingerprint density at radius 3 is 2.18 bits per heavy atom. The minimum absolute atomic E-state index is 0.208. The van der Waals surface area contributed by atoms with Crippen molar-refractivity contribution in [2.45, 2.75) is 0 Å². The molecule has 2 aromatic rings. The molecule has 2 heterocycles. The van der Waals surface area contributed by atoms with Crippen LogP contribution in [0.5, 0.6) is 5.75 Å². The van der Waals surface area contributed by atoms with Gasteiger partial charge in [0.2, 0.25) is 0 Å². The number of nitrogens with zero attached hydrogens (tertiary/aromatic N) is 2. The molecule has 0 radical (unpaired) electrons. The lowest BCUT2D eigenvalue weighted by Crippen LogP contribution is -2.13. The van der Waals surface area contributed by atoms with Gasteiger partial charge in [0.05, 0.1) is 0 Å². The number of hydrogen-bond donors (Lipinski definition) is 2. The van der Waals surface area contributed by atoms with Gasteiger partial charge in [-0.05, 0) is 18.2 Å². The summed E-state index contributed by atoms with van der Waals surface area (Å²) >= 11 is 0. The maximum Gasteiger partial charge on any atom is 0.292 e. The van der Waals surface area contributed by atoms with E-state index in [9.17, 15) is 9.59 Å². The van der Waals surface area contributed by atoms with Crippen molar-refractivity contribution in [1.29, 1.82) is 0 Å². The fraction of sp³-hybridized carbons (Fsp3) is 0.0909. The quantitative estimate of drug-likeness (QED) is 0.639. The molecule has 0 spiro atoms. The van der Waals surface area contributed by atoms with Crippen LogP contribution in [0.2, 0.25) is 0 Å². The van der Waals surface area contributed by atoms with E-state index in [0.717, 1.165) is 0 Å². The van der Waals surface area contributed by atoms with Gasteiger partial charge < -0.3 is 14.9 Å². The summed E-state index contributed by atoms with van der Waals surface area (Å²) < 4.78 is 1.84. The van der Waals surface area contributed by atoms with E-state index in [-0.39, 0.29) is 11.3 Å². The number of rotatable bonds is 0. The molecule has 2 aromatic heterocycles. The largest absolute Gasteiger partial charge is 0.503 e. The molecule has 0 saturated carbocycles. The van der Waals surface area contributed by atoms with Crippen LogP contribution in [0, 0.1) is 0 Å². The molecule has 0 unspecified atom stereocenters. The lowest BCUT2D eigenvalue weighted by Gasteiger charge is -1.93. The summed E-state index contributed by atoms with van der Waals surface area (Å²) in [5, 5.41) is 17.3. The number of hydrogen-bond acceptors (Lipinski definition) is 4. The molecule has 0 amide bonds. The van der Waals surface area contributed by atoms with Crippen molar-refractivity contribution >= 4 is 0 Å². The minimum atomic E-state index is -0.410. The van der Waals surface area contributed by atoms with Gasteiger partial charge in [0, 0.05) is 25.5 Å². The normalized spacial score (nSPS) is 9.24. The first kappa shape index (κ1) is 12.6. The van der Waals surface area contributed by atoms with Crippen LogP contribution in [0.3, 0.4) is 0 Å². The van der Waals surface area contributed by atoms with E-state index in [1.807, 2.05) is 0 Å². The van der Waals surface area contributed by atoms with Crippen molar-refractivity contribution in [2.24, 2.45) is 7.05 Å². The van der Waals surface area contributed by atoms with Crippen LogP contribution in [-0.4, -0.2) is 19.6 Å². The highest BCUT2D eigenvalue weighted by molar-refractivity contribution is 5.14. The third-order valence-corrected chi connectivity index (χ3v) is 1.91. The maximum absolute atomic E-state index is 10.7. The zero-order valence-electron chi connectivity index (χ0n) is 9.15. The molecule has 0 aliphatic carbocycles. The monoisotopic (exact) mass is 236 g/mol. The Labute approximate surface area is 96.6 Å². The molecule has 2 N–H and O–H groups in total. The van der Waals surface area contributed by atoms with Crippen LogP contribution < -0.4 is 11.1 Å². The van der Waals surface area contributed by atoms with Gasteiger partial charge in [-0.25, -0.2) is 0 Å². The molecular weight excluding hydrogens is 224 g/mol. The summed E-state index contributed by atoms with van der Waals surface area (Å²) in [6.07, 6.45) is 2.87. The van der Waals surface area contributed by atoms with Gasteiger partial charge in [0.15, 0.2) is 5.75 Å². The van der Waals surface area contributed by atoms with E-state index >= 15 is 0 Å². The summed E-state index contributed by atoms with van der Waals surface area (Å²) in [6, 6.07) is 7.38. The average Bonchev–Trinajstić information content (AvgIpc) is 2.31. The zero-order valence-corrected chi connectivity index (χ0v) is 9.15. The third kappa shape index (κ3) is 3.53. The van der Waals surface area contributed by atoms with Gasteiger partial charge in [0.1, 0.15) is 0 Å². The predicted molar refractivity (Wildman–Crippen MR) is 61.2 cm³/mol. The van der Waals surface area contributed by atoms with Gasteiger partial charge in [0.25, 0.3) is 11.1 Å². The summed E-state index contributed by atoms with van der Waals surface area (Å²) in [4.78, 5) is 21.0. The first-order valence-corrected chi connectivity index (χ1v) is 4.74. The van der Waals surface area contributed by atoms with Crippen LogP contribution in [0.4, 0.5) is 0 Å². The smallest absolute Gasteiger partial charge is 0.292 e. The van der Waals surface area contributed by atoms with E-state index in [1.54, 1.807) is 31.4 Å². The van der Waals surface area contributed by atoms with Gasteiger partial charge in [-0.3, -0.25) is 9.59 Å². The molecule has 6 heteroatoms. The summed E-state index contributed by atoms with van der Waals surface area (Å²) in [5.74, 6) is -0.208. The minimum Gasteiger partial charge on any atom is -0.503 e. The lowest BCUT2D eigenvalue weighted by atomic mass is 10.4. The molecule has 0 fully saturated rings. The zero-order chi connectivity index (χ0) is 12.8. The summed E-state index contributed by atoms with van der Waals surface area (Å²) in [6.45, 7) is 0. The molecule has 0 aromatic carbocycles. The average molecular weight is 236 g/mol. The van der Waals surface area contributed by atoms with Crippen molar-refractivity contribution in [3.05, 3.63) is 63.4 Å². The molecule has 17 heavy (non-hydrogen) atoms. The van der Waals surface area contributed by atoms with E-state index in [2.05, 4.69) is 0 Å². The molecule has 90 valence electrons. The molecule has 0 atom stereocenters. The highest BCUT2D eigenvalue weighted by Crippen LogP contribution is 1.94. The number of aromatic nitrogens is 2. The molecule has 6 nitrogen and oxygen atoms in total. The lowest BCUT2D eigenvalue weighted by molar-refractivity contribution is 0.175. The van der Waals surface area contributed by atoms with Crippen LogP contribution >= 0.6 is 0 Å². The Bertz CT molecular complexity index is 577. The topological polar surface area (TPSA) is 84.5 Å². The molecule has 2 rings (SSSR count). The summed E-state index contributed by atoms with van der Waals surface area (Å²) in [5.41, 5.74) is -0.773. The standard InChI is InChI=1S/C6H7NO2.C5H5NO2/c1-7-4-2-3-5(8)6(7)9;7-5-3-1-2-4-6(5)8/h2-4,8H,1H3;1-4,8H. The number of aromatic hydroxyl groups is 1. The second-order valence-electron chi connectivity index (χ2n) is 3.19. The number of aryl methyl sites for hydroxylation is 1. The second-order valence-corrected chi connectivity index (χ2v) is 3.19. The van der Waals surface area contributed by atoms with E-state index < -0.39 is 5.56 Å². The van der Waals surface area contributed by atoms with Crippen LogP contribution in [0.15, 0.2) is 52.3 Å². The Hall–Kier alpha value is -2.50. The van der Waals surface area contributed by atoms with Crippen LogP contribution in [-0.2, 0) is 7.05 Å². The van der Waals surface area contributed by atoms with E-state index in [1.165, 1.54) is 22.9 Å². The Morgan fingerprint density at radius 2 is 1.76 bits per heavy atom. The molecular formula is C11H12N2O4. The van der Waals surface area contributed by atoms with E-state index in [0.29, 0.717) is 4.73 Å². The molecule has 0 saturated heterocycles. The van der Waals surface area contributed by atoms with Gasteiger partial charge in [-0.1, -0.05) is 6.07 Å². The Balaban J connectivity index is 0.000000171. The van der Waals surface area contributed by atoms with Crippen LogP contribution in [0.1, 0.15) is 0 Å².